The molecule has 16 heteroatoms. The molecule has 3 amide bonds. The van der Waals surface area contributed by atoms with E-state index in [0.717, 1.165) is 59.9 Å². The first-order valence-electron chi connectivity index (χ1n) is 17.2. The van der Waals surface area contributed by atoms with E-state index in [-0.39, 0.29) is 48.4 Å². The number of ether oxygens (including phenoxy) is 1. The number of fused-ring (bicyclic) bond motifs is 2. The first-order chi connectivity index (χ1) is 24.9. The summed E-state index contributed by atoms with van der Waals surface area (Å²) in [5, 5.41) is 10.5. The lowest BCUT2D eigenvalue weighted by molar-refractivity contribution is -0.141. The fraction of sp³-hybridized carbons (Fsp3) is 0.389. The van der Waals surface area contributed by atoms with Crippen molar-refractivity contribution in [2.75, 3.05) is 23.3 Å². The number of imide groups is 1. The van der Waals surface area contributed by atoms with E-state index in [0.29, 0.717) is 24.3 Å². The third-order valence-electron chi connectivity index (χ3n) is 10.2. The molecule has 0 bridgehead atoms. The summed E-state index contributed by atoms with van der Waals surface area (Å²) in [6.07, 6.45) is 1.34. The molecule has 0 spiro atoms. The van der Waals surface area contributed by atoms with Gasteiger partial charge in [0.05, 0.1) is 40.5 Å². The first-order valence-corrected chi connectivity index (χ1v) is 17.2. The molecule has 0 radical (unpaired) electrons. The van der Waals surface area contributed by atoms with Gasteiger partial charge in [-0.15, -0.1) is 0 Å². The molecule has 1 saturated carbocycles. The number of aryl methyl sites for hydroxylation is 1. The molecule has 1 atom stereocenters. The monoisotopic (exact) mass is 716 g/mol. The maximum Gasteiger partial charge on any atom is 0.433 e. The molecule has 270 valence electrons. The number of amides is 3. The van der Waals surface area contributed by atoms with Crippen LogP contribution in [0.15, 0.2) is 65.6 Å². The number of nitrogens with one attached hydrogen (secondary N) is 2. The summed E-state index contributed by atoms with van der Waals surface area (Å²) in [4.78, 5) is 55.9. The fourth-order valence-electron chi connectivity index (χ4n) is 7.57. The van der Waals surface area contributed by atoms with Crippen LogP contribution in [0.4, 0.5) is 24.5 Å². The smallest absolute Gasteiger partial charge is 0.371 e. The Kier molecular flexibility index (Phi) is 8.35. The van der Waals surface area contributed by atoms with E-state index in [1.165, 1.54) is 10.6 Å². The van der Waals surface area contributed by atoms with Crippen LogP contribution < -0.4 is 21.2 Å². The van der Waals surface area contributed by atoms with Gasteiger partial charge in [-0.25, -0.2) is 9.78 Å². The number of anilines is 2. The highest BCUT2D eigenvalue weighted by Crippen LogP contribution is 2.36. The molecule has 2 N–H and O–H groups in total. The summed E-state index contributed by atoms with van der Waals surface area (Å²) in [6, 6.07) is 13.5. The van der Waals surface area contributed by atoms with Crippen LogP contribution in [0.1, 0.15) is 66.8 Å². The molecule has 3 fully saturated rings. The number of imidazole rings is 1. The predicted octanol–water partition coefficient (Wildman–Crippen LogP) is 4.72. The van der Waals surface area contributed by atoms with Crippen LogP contribution in [0, 0.1) is 0 Å². The minimum absolute atomic E-state index is 0.0399. The molecule has 2 aromatic carbocycles. The van der Waals surface area contributed by atoms with Crippen molar-refractivity contribution in [2.45, 2.75) is 69.0 Å². The van der Waals surface area contributed by atoms with E-state index in [1.807, 2.05) is 29.1 Å². The number of nitrogens with zero attached hydrogens (tertiary/aromatic N) is 6. The van der Waals surface area contributed by atoms with E-state index >= 15 is 0 Å². The van der Waals surface area contributed by atoms with Gasteiger partial charge in [-0.1, -0.05) is 12.1 Å². The number of pyridine rings is 1. The minimum Gasteiger partial charge on any atom is -0.371 e. The highest BCUT2D eigenvalue weighted by molar-refractivity contribution is 6.04. The van der Waals surface area contributed by atoms with Crippen molar-refractivity contribution < 1.29 is 32.3 Å². The zero-order valence-corrected chi connectivity index (χ0v) is 28.1. The van der Waals surface area contributed by atoms with Gasteiger partial charge >= 0.3 is 11.9 Å². The molecule has 1 unspecified atom stereocenters. The Morgan fingerprint density at radius 3 is 2.48 bits per heavy atom. The van der Waals surface area contributed by atoms with Crippen molar-refractivity contribution in [2.24, 2.45) is 7.05 Å². The molecule has 2 aliphatic heterocycles. The highest BCUT2D eigenvalue weighted by Gasteiger charge is 2.36. The van der Waals surface area contributed by atoms with Crippen molar-refractivity contribution in [1.82, 2.24) is 29.2 Å². The van der Waals surface area contributed by atoms with E-state index in [1.54, 1.807) is 29.8 Å². The third kappa shape index (κ3) is 6.20. The van der Waals surface area contributed by atoms with Gasteiger partial charge < -0.3 is 15.0 Å². The van der Waals surface area contributed by atoms with Crippen molar-refractivity contribution in [3.63, 3.8) is 0 Å². The van der Waals surface area contributed by atoms with E-state index in [4.69, 9.17) is 9.84 Å². The zero-order valence-electron chi connectivity index (χ0n) is 28.1. The average Bonchev–Trinajstić information content (AvgIpc) is 3.64. The molecular formula is C36H35F3N8O5. The normalized spacial score (nSPS) is 21.4. The average molecular weight is 717 g/mol. The summed E-state index contributed by atoms with van der Waals surface area (Å²) in [5.41, 5.74) is 1.70. The van der Waals surface area contributed by atoms with Crippen LogP contribution in [0.25, 0.3) is 21.9 Å². The van der Waals surface area contributed by atoms with Gasteiger partial charge in [0.25, 0.3) is 5.91 Å². The second kappa shape index (κ2) is 12.9. The lowest BCUT2D eigenvalue weighted by Crippen LogP contribution is -2.54. The van der Waals surface area contributed by atoms with Gasteiger partial charge in [-0.05, 0) is 74.6 Å². The largest absolute Gasteiger partial charge is 0.433 e. The molecule has 5 heterocycles. The summed E-state index contributed by atoms with van der Waals surface area (Å²) < 4.78 is 50.6. The summed E-state index contributed by atoms with van der Waals surface area (Å²) >= 11 is 0. The Bertz CT molecular complexity index is 2280. The molecule has 13 nitrogen and oxygen atoms in total. The minimum atomic E-state index is -4.65. The van der Waals surface area contributed by atoms with Crippen LogP contribution >= 0.6 is 0 Å². The summed E-state index contributed by atoms with van der Waals surface area (Å²) in [7, 11) is 1.70. The fourth-order valence-corrected chi connectivity index (χ4v) is 7.57. The first kappa shape index (κ1) is 33.6. The Balaban J connectivity index is 0.866. The molecular weight excluding hydrogens is 681 g/mol. The van der Waals surface area contributed by atoms with Gasteiger partial charge in [0.2, 0.25) is 11.8 Å². The zero-order chi connectivity index (χ0) is 36.3. The Labute approximate surface area is 294 Å². The lowest BCUT2D eigenvalue weighted by Gasteiger charge is -2.43. The van der Waals surface area contributed by atoms with Gasteiger partial charge in [-0.2, -0.15) is 18.3 Å². The maximum absolute atomic E-state index is 13.3. The molecule has 52 heavy (non-hydrogen) atoms. The second-order valence-corrected chi connectivity index (χ2v) is 13.7. The summed E-state index contributed by atoms with van der Waals surface area (Å²) in [6.45, 7) is 1.34. The number of carbonyl (C=O) groups is 3. The van der Waals surface area contributed by atoms with Crippen LogP contribution in [-0.4, -0.2) is 66.9 Å². The van der Waals surface area contributed by atoms with E-state index < -0.39 is 29.7 Å². The highest BCUT2D eigenvalue weighted by atomic mass is 19.4. The Morgan fingerprint density at radius 1 is 0.962 bits per heavy atom. The van der Waals surface area contributed by atoms with Gasteiger partial charge in [0.15, 0.2) is 0 Å². The van der Waals surface area contributed by atoms with Gasteiger partial charge in [0.1, 0.15) is 17.4 Å². The number of para-hydroxylation sites is 1. The lowest BCUT2D eigenvalue weighted by atomic mass is 9.92. The molecule has 5 aromatic rings. The van der Waals surface area contributed by atoms with Crippen molar-refractivity contribution >= 4 is 51.0 Å². The molecule has 2 saturated heterocycles. The number of benzene rings is 2. The maximum atomic E-state index is 13.3. The van der Waals surface area contributed by atoms with Crippen molar-refractivity contribution in [3.8, 4) is 0 Å². The second-order valence-electron chi connectivity index (χ2n) is 13.7. The van der Waals surface area contributed by atoms with Crippen LogP contribution in [0.5, 0.6) is 0 Å². The number of aromatic nitrogens is 5. The number of carbonyl (C=O) groups excluding carboxylic acids is 3. The van der Waals surface area contributed by atoms with Crippen molar-refractivity contribution in [1.29, 1.82) is 0 Å². The van der Waals surface area contributed by atoms with E-state index in [9.17, 15) is 32.3 Å². The number of piperidine rings is 1. The van der Waals surface area contributed by atoms with Crippen LogP contribution in [-0.2, 0) is 27.5 Å². The van der Waals surface area contributed by atoms with Crippen molar-refractivity contribution in [3.05, 3.63) is 82.7 Å². The number of alkyl halides is 3. The number of halogens is 3. The molecule has 3 aliphatic rings. The number of hydrogen-bond donors (Lipinski definition) is 2. The van der Waals surface area contributed by atoms with Crippen LogP contribution in [0.2, 0.25) is 0 Å². The van der Waals surface area contributed by atoms with Gasteiger partial charge in [-0.3, -0.25) is 33.5 Å². The van der Waals surface area contributed by atoms with E-state index in [2.05, 4.69) is 20.5 Å². The molecule has 8 rings (SSSR count). The Hall–Kier alpha value is -5.51. The third-order valence-corrected chi connectivity index (χ3v) is 10.2. The van der Waals surface area contributed by atoms with Crippen LogP contribution in [0.3, 0.4) is 0 Å². The Morgan fingerprint density at radius 2 is 1.73 bits per heavy atom. The SMILES string of the molecule is Cn1c(=O)n(C2CCC(=O)NC2=O)c2cccc(N3CC(O[C@H]4CC[C@H](n5cc6cc(NC(=O)c7cccc(C(F)(F)F)n7)ccc6n5)CC4)C3)c21. The predicted molar refractivity (Wildman–Crippen MR) is 184 cm³/mol. The standard InChI is InChI=1S/C36H35F3N8O5/c1-44-32-27(5-3-6-28(32)47(35(44)51)29-14-15-31(48)42-34(29)50)45-18-24(19-45)52-23-11-9-22(10-12-23)46-17-20-16-21(8-13-25(20)43-46)40-33(49)26-4-2-7-30(41-26)36(37,38)39/h2-8,13,16-17,22-24,29H,9-12,14-15,18-19H2,1H3,(H,40,49)(H,42,48,50)/t22-,23-,29?. The van der Waals surface area contributed by atoms with Gasteiger partial charge in [0, 0.05) is 43.8 Å². The number of hydrogen-bond acceptors (Lipinski definition) is 8. The summed E-state index contributed by atoms with van der Waals surface area (Å²) in [5.74, 6) is -1.53. The topological polar surface area (TPSA) is 145 Å². The quantitative estimate of drug-likeness (QED) is 0.230. The molecule has 3 aromatic heterocycles. The molecule has 1 aliphatic carbocycles. The number of rotatable bonds is 7.